The van der Waals surface area contributed by atoms with Gasteiger partial charge in [-0.3, -0.25) is 0 Å². The van der Waals surface area contributed by atoms with Crippen LogP contribution in [0.5, 0.6) is 0 Å². The SMILES string of the molecule is N#CCN(CC#N)c1nccnc1C#N. The van der Waals surface area contributed by atoms with Crippen LogP contribution in [-0.4, -0.2) is 23.1 Å². The van der Waals surface area contributed by atoms with Gasteiger partial charge in [-0.25, -0.2) is 9.97 Å². The topological polar surface area (TPSA) is 100 Å². The van der Waals surface area contributed by atoms with Crippen LogP contribution in [0.1, 0.15) is 5.69 Å². The summed E-state index contributed by atoms with van der Waals surface area (Å²) in [6, 6.07) is 5.66. The minimum atomic E-state index is 0.000926. The van der Waals surface area contributed by atoms with Crippen LogP contribution in [0, 0.1) is 34.0 Å². The van der Waals surface area contributed by atoms with Crippen molar-refractivity contribution in [2.45, 2.75) is 0 Å². The summed E-state index contributed by atoms with van der Waals surface area (Å²) >= 11 is 0. The fourth-order valence-electron chi connectivity index (χ4n) is 1.02. The molecular weight excluding hydrogens is 192 g/mol. The lowest BCUT2D eigenvalue weighted by Gasteiger charge is -2.16. The molecule has 0 spiro atoms. The van der Waals surface area contributed by atoms with Crippen LogP contribution in [-0.2, 0) is 0 Å². The van der Waals surface area contributed by atoms with E-state index in [2.05, 4.69) is 9.97 Å². The predicted octanol–water partition coefficient (Wildman–Crippen LogP) is 0.202. The number of rotatable bonds is 3. The molecule has 0 bridgehead atoms. The Morgan fingerprint density at radius 3 is 2.20 bits per heavy atom. The van der Waals surface area contributed by atoms with E-state index < -0.39 is 0 Å². The molecule has 0 unspecified atom stereocenters. The number of hydrogen-bond donors (Lipinski definition) is 0. The zero-order valence-electron chi connectivity index (χ0n) is 7.75. The highest BCUT2D eigenvalue weighted by Crippen LogP contribution is 2.12. The van der Waals surface area contributed by atoms with Crippen molar-refractivity contribution in [1.82, 2.24) is 9.97 Å². The second-order valence-electron chi connectivity index (χ2n) is 2.51. The molecule has 1 aromatic heterocycles. The summed E-state index contributed by atoms with van der Waals surface area (Å²) < 4.78 is 0. The Hall–Kier alpha value is -2.65. The van der Waals surface area contributed by atoms with Crippen molar-refractivity contribution in [2.75, 3.05) is 18.0 Å². The average Bonchev–Trinajstić information content (AvgIpc) is 2.29. The summed E-state index contributed by atoms with van der Waals surface area (Å²) in [6.45, 7) is 0.00185. The molecule has 6 nitrogen and oxygen atoms in total. The van der Waals surface area contributed by atoms with Gasteiger partial charge in [0.1, 0.15) is 19.2 Å². The third-order valence-corrected chi connectivity index (χ3v) is 1.61. The highest BCUT2D eigenvalue weighted by atomic mass is 15.2. The number of nitriles is 3. The molecule has 1 heterocycles. The summed E-state index contributed by atoms with van der Waals surface area (Å²) in [5.74, 6) is 0.267. The molecule has 0 saturated carbocycles. The van der Waals surface area contributed by atoms with Gasteiger partial charge in [0.15, 0.2) is 11.5 Å². The quantitative estimate of drug-likeness (QED) is 0.643. The van der Waals surface area contributed by atoms with Crippen LogP contribution in [0.4, 0.5) is 5.82 Å². The van der Waals surface area contributed by atoms with E-state index in [1.165, 1.54) is 17.3 Å². The first-order chi connectivity index (χ1) is 7.33. The van der Waals surface area contributed by atoms with E-state index in [9.17, 15) is 0 Å². The highest BCUT2D eigenvalue weighted by Gasteiger charge is 2.12. The van der Waals surface area contributed by atoms with Crippen molar-refractivity contribution in [3.05, 3.63) is 18.1 Å². The van der Waals surface area contributed by atoms with Gasteiger partial charge in [0.25, 0.3) is 0 Å². The van der Waals surface area contributed by atoms with Crippen LogP contribution >= 0.6 is 0 Å². The molecule has 1 rings (SSSR count). The lowest BCUT2D eigenvalue weighted by Crippen LogP contribution is -2.26. The monoisotopic (exact) mass is 198 g/mol. The van der Waals surface area contributed by atoms with Gasteiger partial charge < -0.3 is 4.90 Å². The van der Waals surface area contributed by atoms with Gasteiger partial charge in [-0.2, -0.15) is 15.8 Å². The summed E-state index contributed by atoms with van der Waals surface area (Å²) in [7, 11) is 0. The van der Waals surface area contributed by atoms with Gasteiger partial charge >= 0.3 is 0 Å². The molecular formula is C9H6N6. The highest BCUT2D eigenvalue weighted by molar-refractivity contribution is 5.50. The fraction of sp³-hybridized carbons (Fsp3) is 0.222. The Morgan fingerprint density at radius 2 is 1.67 bits per heavy atom. The second-order valence-corrected chi connectivity index (χ2v) is 2.51. The van der Waals surface area contributed by atoms with E-state index in [-0.39, 0.29) is 24.6 Å². The predicted molar refractivity (Wildman–Crippen MR) is 50.2 cm³/mol. The first-order valence-electron chi connectivity index (χ1n) is 4.03. The van der Waals surface area contributed by atoms with Crippen LogP contribution < -0.4 is 4.90 Å². The molecule has 15 heavy (non-hydrogen) atoms. The maximum Gasteiger partial charge on any atom is 0.183 e. The molecule has 0 amide bonds. The summed E-state index contributed by atoms with van der Waals surface area (Å²) in [6.07, 6.45) is 2.80. The molecule has 1 aromatic rings. The maximum absolute atomic E-state index is 8.76. The Morgan fingerprint density at radius 1 is 1.07 bits per heavy atom. The molecule has 0 saturated heterocycles. The van der Waals surface area contributed by atoms with Crippen molar-refractivity contribution in [2.24, 2.45) is 0 Å². The zero-order chi connectivity index (χ0) is 11.1. The lowest BCUT2D eigenvalue weighted by molar-refractivity contribution is 0.919. The first kappa shape index (κ1) is 10.4. The van der Waals surface area contributed by atoms with Crippen molar-refractivity contribution >= 4 is 5.82 Å². The van der Waals surface area contributed by atoms with Crippen LogP contribution in [0.15, 0.2) is 12.4 Å². The van der Waals surface area contributed by atoms with E-state index in [0.29, 0.717) is 0 Å². The van der Waals surface area contributed by atoms with E-state index in [1.54, 1.807) is 0 Å². The third-order valence-electron chi connectivity index (χ3n) is 1.61. The van der Waals surface area contributed by atoms with E-state index >= 15 is 0 Å². The van der Waals surface area contributed by atoms with E-state index in [1.807, 2.05) is 18.2 Å². The summed E-state index contributed by atoms with van der Waals surface area (Å²) in [4.78, 5) is 9.12. The van der Waals surface area contributed by atoms with Crippen LogP contribution in [0.2, 0.25) is 0 Å². The molecule has 0 radical (unpaired) electrons. The minimum Gasteiger partial charge on any atom is -0.328 e. The molecule has 0 fully saturated rings. The summed E-state index contributed by atoms with van der Waals surface area (Å²) in [5.41, 5.74) is 0.114. The van der Waals surface area contributed by atoms with Crippen molar-refractivity contribution in [1.29, 1.82) is 15.8 Å². The van der Waals surface area contributed by atoms with Crippen molar-refractivity contribution in [3.63, 3.8) is 0 Å². The van der Waals surface area contributed by atoms with Crippen molar-refractivity contribution in [3.8, 4) is 18.2 Å². The van der Waals surface area contributed by atoms with Gasteiger partial charge in [-0.15, -0.1) is 0 Å². The number of nitrogens with zero attached hydrogens (tertiary/aromatic N) is 6. The smallest absolute Gasteiger partial charge is 0.183 e. The van der Waals surface area contributed by atoms with Gasteiger partial charge in [0.2, 0.25) is 0 Å². The Labute approximate surface area is 86.6 Å². The third kappa shape index (κ3) is 2.40. The van der Waals surface area contributed by atoms with E-state index in [4.69, 9.17) is 15.8 Å². The van der Waals surface area contributed by atoms with Gasteiger partial charge in [-0.05, 0) is 0 Å². The second kappa shape index (κ2) is 5.16. The van der Waals surface area contributed by atoms with Gasteiger partial charge in [0.05, 0.1) is 12.1 Å². The molecule has 0 aromatic carbocycles. The Kier molecular flexibility index (Phi) is 3.59. The lowest BCUT2D eigenvalue weighted by atomic mass is 10.4. The zero-order valence-corrected chi connectivity index (χ0v) is 7.75. The number of hydrogen-bond acceptors (Lipinski definition) is 6. The number of anilines is 1. The normalized spacial score (nSPS) is 8.33. The molecule has 72 valence electrons. The fourth-order valence-corrected chi connectivity index (χ4v) is 1.02. The largest absolute Gasteiger partial charge is 0.328 e. The molecule has 0 N–H and O–H groups in total. The standard InChI is InChI=1S/C9H6N6/c10-1-5-15(6-2-11)9-8(7-12)13-3-4-14-9/h3-4H,5-6H2. The maximum atomic E-state index is 8.76. The van der Waals surface area contributed by atoms with Crippen molar-refractivity contribution < 1.29 is 0 Å². The molecule has 0 aliphatic heterocycles. The molecule has 0 aliphatic carbocycles. The first-order valence-corrected chi connectivity index (χ1v) is 4.03. The number of aromatic nitrogens is 2. The van der Waals surface area contributed by atoms with Crippen LogP contribution in [0.3, 0.4) is 0 Å². The summed E-state index contributed by atoms with van der Waals surface area (Å²) in [5, 5.41) is 25.9. The van der Waals surface area contributed by atoms with E-state index in [0.717, 1.165) is 0 Å². The average molecular weight is 198 g/mol. The van der Waals surface area contributed by atoms with Gasteiger partial charge in [-0.1, -0.05) is 0 Å². The Bertz CT molecular complexity index is 445. The molecule has 0 aliphatic rings. The Balaban J connectivity index is 3.07. The minimum absolute atomic E-state index is 0.000926. The molecule has 0 atom stereocenters. The molecule has 6 heteroatoms. The van der Waals surface area contributed by atoms with Gasteiger partial charge in [0, 0.05) is 12.4 Å². The van der Waals surface area contributed by atoms with Crippen LogP contribution in [0.25, 0.3) is 0 Å².